The van der Waals surface area contributed by atoms with E-state index in [0.29, 0.717) is 12.4 Å². The van der Waals surface area contributed by atoms with E-state index in [0.717, 1.165) is 24.0 Å². The summed E-state index contributed by atoms with van der Waals surface area (Å²) in [6.45, 7) is 1.72. The van der Waals surface area contributed by atoms with Crippen LogP contribution in [0.4, 0.5) is 0 Å². The Morgan fingerprint density at radius 3 is 2.74 bits per heavy atom. The number of guanidine groups is 1. The number of pyridine rings is 1. The molecule has 106 valence electrons. The summed E-state index contributed by atoms with van der Waals surface area (Å²) in [6, 6.07) is 3.85. The second kappa shape index (κ2) is 8.19. The molecular formula is C13H21IN4O. The predicted molar refractivity (Wildman–Crippen MR) is 87.1 cm³/mol. The van der Waals surface area contributed by atoms with Crippen molar-refractivity contribution in [3.8, 4) is 5.88 Å². The first kappa shape index (κ1) is 16.0. The third kappa shape index (κ3) is 5.63. The zero-order valence-corrected chi connectivity index (χ0v) is 13.7. The Balaban J connectivity index is 0.00000180. The highest BCUT2D eigenvalue weighted by molar-refractivity contribution is 14.0. The summed E-state index contributed by atoms with van der Waals surface area (Å²) in [5, 5.41) is 6.58. The highest BCUT2D eigenvalue weighted by Gasteiger charge is 2.20. The monoisotopic (exact) mass is 376 g/mol. The summed E-state index contributed by atoms with van der Waals surface area (Å²) in [5.74, 6) is 2.32. The van der Waals surface area contributed by atoms with E-state index in [1.54, 1.807) is 20.4 Å². The summed E-state index contributed by atoms with van der Waals surface area (Å²) in [6.07, 6.45) is 4.48. The van der Waals surface area contributed by atoms with E-state index < -0.39 is 0 Å². The van der Waals surface area contributed by atoms with Gasteiger partial charge in [0.25, 0.3) is 0 Å². The number of ether oxygens (including phenoxy) is 1. The molecule has 0 aliphatic heterocycles. The van der Waals surface area contributed by atoms with Gasteiger partial charge in [-0.3, -0.25) is 4.99 Å². The fourth-order valence-corrected chi connectivity index (χ4v) is 1.61. The molecule has 5 nitrogen and oxygen atoms in total. The van der Waals surface area contributed by atoms with Gasteiger partial charge in [-0.25, -0.2) is 4.98 Å². The average molecular weight is 376 g/mol. The Hall–Kier alpha value is -1.05. The zero-order chi connectivity index (χ0) is 12.8. The number of hydrogen-bond donors (Lipinski definition) is 2. The van der Waals surface area contributed by atoms with Crippen molar-refractivity contribution in [2.45, 2.75) is 19.4 Å². The molecule has 1 aromatic heterocycles. The number of rotatable bonds is 5. The molecule has 0 amide bonds. The van der Waals surface area contributed by atoms with Crippen molar-refractivity contribution in [1.82, 2.24) is 15.6 Å². The number of methoxy groups -OCH3 is 1. The first-order chi connectivity index (χ1) is 8.81. The van der Waals surface area contributed by atoms with Crippen LogP contribution in [0.2, 0.25) is 0 Å². The van der Waals surface area contributed by atoms with Gasteiger partial charge in [0.2, 0.25) is 5.88 Å². The minimum Gasteiger partial charge on any atom is -0.481 e. The van der Waals surface area contributed by atoms with Crippen LogP contribution in [0.1, 0.15) is 18.4 Å². The maximum absolute atomic E-state index is 5.02. The Labute approximate surface area is 131 Å². The van der Waals surface area contributed by atoms with Gasteiger partial charge in [0.15, 0.2) is 5.96 Å². The molecule has 0 radical (unpaired) electrons. The number of aliphatic imine (C=N–C) groups is 1. The zero-order valence-electron chi connectivity index (χ0n) is 11.3. The van der Waals surface area contributed by atoms with Gasteiger partial charge < -0.3 is 15.4 Å². The van der Waals surface area contributed by atoms with Crippen LogP contribution in [0, 0.1) is 5.92 Å². The molecule has 1 fully saturated rings. The first-order valence-electron chi connectivity index (χ1n) is 6.25. The fraction of sp³-hybridized carbons (Fsp3) is 0.538. The van der Waals surface area contributed by atoms with Gasteiger partial charge in [-0.15, -0.1) is 24.0 Å². The molecule has 1 heterocycles. The highest BCUT2D eigenvalue weighted by Crippen LogP contribution is 2.27. The van der Waals surface area contributed by atoms with Crippen LogP contribution >= 0.6 is 24.0 Å². The Morgan fingerprint density at radius 1 is 1.42 bits per heavy atom. The van der Waals surface area contributed by atoms with Crippen molar-refractivity contribution >= 4 is 29.9 Å². The minimum absolute atomic E-state index is 0. The first-order valence-corrected chi connectivity index (χ1v) is 6.25. The van der Waals surface area contributed by atoms with E-state index >= 15 is 0 Å². The van der Waals surface area contributed by atoms with E-state index in [1.165, 1.54) is 12.8 Å². The van der Waals surface area contributed by atoms with E-state index in [2.05, 4.69) is 20.6 Å². The van der Waals surface area contributed by atoms with Gasteiger partial charge >= 0.3 is 0 Å². The third-order valence-corrected chi connectivity index (χ3v) is 2.95. The molecule has 2 rings (SSSR count). The van der Waals surface area contributed by atoms with Crippen molar-refractivity contribution in [1.29, 1.82) is 0 Å². The SMILES string of the molecule is CN=C(NCc1ccc(OC)nc1)NCC1CC1.I. The lowest BCUT2D eigenvalue weighted by Crippen LogP contribution is -2.37. The van der Waals surface area contributed by atoms with Gasteiger partial charge in [-0.2, -0.15) is 0 Å². The van der Waals surface area contributed by atoms with Crippen LogP contribution in [-0.4, -0.2) is 31.6 Å². The van der Waals surface area contributed by atoms with Crippen LogP contribution < -0.4 is 15.4 Å². The maximum atomic E-state index is 5.02. The molecule has 1 aliphatic carbocycles. The standard InChI is InChI=1S/C13H20N4O.HI/c1-14-13(16-7-10-3-4-10)17-9-11-5-6-12(18-2)15-8-11;/h5-6,8,10H,3-4,7,9H2,1-2H3,(H2,14,16,17);1H. The van der Waals surface area contributed by atoms with Gasteiger partial charge in [-0.1, -0.05) is 6.07 Å². The molecule has 0 saturated heterocycles. The lowest BCUT2D eigenvalue weighted by Gasteiger charge is -2.11. The summed E-state index contributed by atoms with van der Waals surface area (Å²) in [5.41, 5.74) is 1.10. The number of halogens is 1. The molecule has 6 heteroatoms. The number of nitrogens with zero attached hydrogens (tertiary/aromatic N) is 2. The summed E-state index contributed by atoms with van der Waals surface area (Å²) < 4.78 is 5.02. The summed E-state index contributed by atoms with van der Waals surface area (Å²) in [7, 11) is 3.40. The normalized spacial score (nSPS) is 14.5. The molecule has 0 unspecified atom stereocenters. The van der Waals surface area contributed by atoms with Crippen molar-refractivity contribution in [2.75, 3.05) is 20.7 Å². The minimum atomic E-state index is 0. The van der Waals surface area contributed by atoms with Crippen LogP contribution in [0.25, 0.3) is 0 Å². The summed E-state index contributed by atoms with van der Waals surface area (Å²) in [4.78, 5) is 8.35. The molecule has 0 bridgehead atoms. The number of nitrogens with one attached hydrogen (secondary N) is 2. The van der Waals surface area contributed by atoms with Crippen LogP contribution in [0.5, 0.6) is 5.88 Å². The van der Waals surface area contributed by atoms with E-state index in [1.807, 2.05) is 12.1 Å². The molecule has 1 saturated carbocycles. The maximum Gasteiger partial charge on any atom is 0.212 e. The topological polar surface area (TPSA) is 58.5 Å². The smallest absolute Gasteiger partial charge is 0.212 e. The Morgan fingerprint density at radius 2 is 2.21 bits per heavy atom. The molecule has 1 aromatic rings. The van der Waals surface area contributed by atoms with E-state index in [9.17, 15) is 0 Å². The molecule has 0 spiro atoms. The van der Waals surface area contributed by atoms with Crippen LogP contribution in [0.15, 0.2) is 23.3 Å². The van der Waals surface area contributed by atoms with Crippen molar-refractivity contribution < 1.29 is 4.74 Å². The van der Waals surface area contributed by atoms with Crippen LogP contribution in [-0.2, 0) is 6.54 Å². The molecule has 1 aliphatic rings. The lowest BCUT2D eigenvalue weighted by atomic mass is 10.3. The Bertz CT molecular complexity index is 404. The van der Waals surface area contributed by atoms with Gasteiger partial charge in [0.05, 0.1) is 7.11 Å². The average Bonchev–Trinajstić information content (AvgIpc) is 3.24. The molecule has 0 atom stereocenters. The van der Waals surface area contributed by atoms with Gasteiger partial charge in [0.1, 0.15) is 0 Å². The molecule has 19 heavy (non-hydrogen) atoms. The highest BCUT2D eigenvalue weighted by atomic mass is 127. The van der Waals surface area contributed by atoms with Crippen molar-refractivity contribution in [3.63, 3.8) is 0 Å². The second-order valence-corrected chi connectivity index (χ2v) is 4.46. The molecular weight excluding hydrogens is 355 g/mol. The van der Waals surface area contributed by atoms with E-state index in [-0.39, 0.29) is 24.0 Å². The van der Waals surface area contributed by atoms with Crippen molar-refractivity contribution in [3.05, 3.63) is 23.9 Å². The third-order valence-electron chi connectivity index (χ3n) is 2.95. The predicted octanol–water partition coefficient (Wildman–Crippen LogP) is 1.78. The molecule has 0 aromatic carbocycles. The largest absolute Gasteiger partial charge is 0.481 e. The fourth-order valence-electron chi connectivity index (χ4n) is 1.61. The quantitative estimate of drug-likeness (QED) is 0.467. The van der Waals surface area contributed by atoms with Gasteiger partial charge in [-0.05, 0) is 24.3 Å². The van der Waals surface area contributed by atoms with Crippen molar-refractivity contribution in [2.24, 2.45) is 10.9 Å². The molecule has 2 N–H and O–H groups in total. The van der Waals surface area contributed by atoms with Crippen LogP contribution in [0.3, 0.4) is 0 Å². The van der Waals surface area contributed by atoms with E-state index in [4.69, 9.17) is 4.74 Å². The number of aromatic nitrogens is 1. The number of hydrogen-bond acceptors (Lipinski definition) is 3. The summed E-state index contributed by atoms with van der Waals surface area (Å²) >= 11 is 0. The van der Waals surface area contributed by atoms with Gasteiger partial charge in [0, 0.05) is 32.4 Å². The lowest BCUT2D eigenvalue weighted by molar-refractivity contribution is 0.397. The second-order valence-electron chi connectivity index (χ2n) is 4.46. The Kier molecular flexibility index (Phi) is 6.90.